The van der Waals surface area contributed by atoms with Gasteiger partial charge in [-0.05, 0) is 38.8 Å². The Hall–Kier alpha value is -3.05. The van der Waals surface area contributed by atoms with Crippen LogP contribution in [0.5, 0.6) is 0 Å². The smallest absolute Gasteiger partial charge is 0.325 e. The molecule has 2 aromatic heterocycles. The van der Waals surface area contributed by atoms with Crippen molar-refractivity contribution >= 4 is 43.8 Å². The van der Waals surface area contributed by atoms with Crippen LogP contribution in [-0.2, 0) is 9.84 Å². The van der Waals surface area contributed by atoms with E-state index in [1.54, 1.807) is 19.1 Å². The third-order valence-corrected chi connectivity index (χ3v) is 8.96. The number of thiazole rings is 1. The zero-order valence-corrected chi connectivity index (χ0v) is 19.9. The standard InChI is InChI=1S/C22H25N5O4S2/c1-13-7-8-17(16(11-13)19(28)15-5-3-4-6-15)26-20(29)27-21-25-12-18(32-21)14(2)33(30,31)22-23-9-10-24-22/h7-12,14-15H,3-6H2,1-2H3,(H,23,24)(H2,25,26,27,29). The molecule has 0 saturated heterocycles. The molecule has 2 amide bonds. The van der Waals surface area contributed by atoms with E-state index in [-0.39, 0.29) is 22.0 Å². The summed E-state index contributed by atoms with van der Waals surface area (Å²) in [4.78, 5) is 36.6. The molecule has 1 aliphatic carbocycles. The summed E-state index contributed by atoms with van der Waals surface area (Å²) >= 11 is 1.07. The molecule has 0 radical (unpaired) electrons. The first-order valence-corrected chi connectivity index (χ1v) is 13.0. The molecule has 9 nitrogen and oxygen atoms in total. The number of sulfone groups is 1. The van der Waals surface area contributed by atoms with Gasteiger partial charge < -0.3 is 10.3 Å². The Kier molecular flexibility index (Phi) is 6.61. The number of H-pyrrole nitrogens is 1. The molecule has 174 valence electrons. The number of nitrogens with one attached hydrogen (secondary N) is 3. The van der Waals surface area contributed by atoms with Crippen molar-refractivity contribution in [1.82, 2.24) is 15.0 Å². The van der Waals surface area contributed by atoms with E-state index in [9.17, 15) is 18.0 Å². The predicted octanol–water partition coefficient (Wildman–Crippen LogP) is 4.73. The van der Waals surface area contributed by atoms with E-state index in [1.807, 2.05) is 13.0 Å². The fourth-order valence-corrected chi connectivity index (χ4v) is 6.30. The normalized spacial score (nSPS) is 15.3. The van der Waals surface area contributed by atoms with Gasteiger partial charge in [-0.1, -0.05) is 24.5 Å². The van der Waals surface area contributed by atoms with Crippen LogP contribution in [0, 0.1) is 12.8 Å². The van der Waals surface area contributed by atoms with Crippen molar-refractivity contribution in [1.29, 1.82) is 0 Å². The van der Waals surface area contributed by atoms with Gasteiger partial charge in [-0.2, -0.15) is 0 Å². The average molecular weight is 488 g/mol. The second kappa shape index (κ2) is 9.44. The van der Waals surface area contributed by atoms with E-state index in [1.165, 1.54) is 18.6 Å². The van der Waals surface area contributed by atoms with Gasteiger partial charge in [0.1, 0.15) is 5.25 Å². The summed E-state index contributed by atoms with van der Waals surface area (Å²) < 4.78 is 25.3. The number of hydrogen-bond donors (Lipinski definition) is 3. The van der Waals surface area contributed by atoms with Gasteiger partial charge in [-0.3, -0.25) is 10.1 Å². The molecule has 1 aromatic carbocycles. The lowest BCUT2D eigenvalue weighted by Crippen LogP contribution is -2.22. The van der Waals surface area contributed by atoms with Crippen molar-refractivity contribution in [2.24, 2.45) is 5.92 Å². The van der Waals surface area contributed by atoms with E-state index < -0.39 is 21.1 Å². The summed E-state index contributed by atoms with van der Waals surface area (Å²) in [6, 6.07) is 4.81. The molecule has 0 bridgehead atoms. The Morgan fingerprint density at radius 2 is 1.94 bits per heavy atom. The number of aromatic amines is 1. The number of imidazole rings is 1. The monoisotopic (exact) mass is 487 g/mol. The maximum Gasteiger partial charge on any atom is 0.325 e. The highest BCUT2D eigenvalue weighted by Crippen LogP contribution is 2.33. The number of amides is 2. The lowest BCUT2D eigenvalue weighted by molar-refractivity contribution is 0.0923. The number of carbonyl (C=O) groups excluding carboxylic acids is 2. The third-order valence-electron chi connectivity index (χ3n) is 5.77. The van der Waals surface area contributed by atoms with Crippen LogP contribution in [0.15, 0.2) is 41.9 Å². The first-order valence-electron chi connectivity index (χ1n) is 10.7. The van der Waals surface area contributed by atoms with Crippen molar-refractivity contribution in [2.75, 3.05) is 10.6 Å². The lowest BCUT2D eigenvalue weighted by atomic mass is 9.94. The van der Waals surface area contributed by atoms with Gasteiger partial charge in [0.25, 0.3) is 0 Å². The van der Waals surface area contributed by atoms with Crippen LogP contribution in [0.4, 0.5) is 15.6 Å². The fourth-order valence-electron chi connectivity index (χ4n) is 3.89. The molecule has 0 aliphatic heterocycles. The Labute approximate surface area is 196 Å². The van der Waals surface area contributed by atoms with Crippen LogP contribution < -0.4 is 10.6 Å². The molecular weight excluding hydrogens is 462 g/mol. The summed E-state index contributed by atoms with van der Waals surface area (Å²) in [5.74, 6) is 0.0505. The number of benzene rings is 1. The quantitative estimate of drug-likeness (QED) is 0.413. The number of hydrogen-bond acceptors (Lipinski definition) is 7. The molecule has 2 heterocycles. The summed E-state index contributed by atoms with van der Waals surface area (Å²) in [5.41, 5.74) is 1.90. The maximum atomic E-state index is 13.0. The third kappa shape index (κ3) is 4.98. The molecule has 3 N–H and O–H groups in total. The predicted molar refractivity (Wildman–Crippen MR) is 126 cm³/mol. The van der Waals surface area contributed by atoms with Crippen LogP contribution >= 0.6 is 11.3 Å². The van der Waals surface area contributed by atoms with Gasteiger partial charge in [0.15, 0.2) is 10.9 Å². The van der Waals surface area contributed by atoms with Gasteiger partial charge in [-0.25, -0.2) is 23.2 Å². The van der Waals surface area contributed by atoms with E-state index in [2.05, 4.69) is 25.6 Å². The molecular formula is C22H25N5O4S2. The Bertz CT molecular complexity index is 1260. The zero-order chi connectivity index (χ0) is 23.6. The molecule has 33 heavy (non-hydrogen) atoms. The molecule has 1 saturated carbocycles. The van der Waals surface area contributed by atoms with Crippen molar-refractivity contribution in [3.8, 4) is 0 Å². The number of urea groups is 1. The Morgan fingerprint density at radius 3 is 2.64 bits per heavy atom. The van der Waals surface area contributed by atoms with E-state index in [4.69, 9.17) is 0 Å². The second-order valence-electron chi connectivity index (χ2n) is 8.12. The molecule has 1 aliphatic rings. The van der Waals surface area contributed by atoms with Crippen molar-refractivity contribution in [3.05, 3.63) is 52.8 Å². The van der Waals surface area contributed by atoms with Gasteiger partial charge in [0.05, 0.1) is 5.69 Å². The molecule has 1 unspecified atom stereocenters. The van der Waals surface area contributed by atoms with Crippen molar-refractivity contribution < 1.29 is 18.0 Å². The number of rotatable bonds is 7. The van der Waals surface area contributed by atoms with E-state index in [0.29, 0.717) is 16.1 Å². The van der Waals surface area contributed by atoms with Gasteiger partial charge in [-0.15, -0.1) is 11.3 Å². The minimum Gasteiger partial charge on any atom is -0.336 e. The summed E-state index contributed by atoms with van der Waals surface area (Å²) in [5, 5.41) is 4.63. The van der Waals surface area contributed by atoms with Crippen LogP contribution in [-0.4, -0.2) is 35.2 Å². The summed E-state index contributed by atoms with van der Waals surface area (Å²) in [6.07, 6.45) is 8.09. The molecule has 0 spiro atoms. The van der Waals surface area contributed by atoms with Crippen molar-refractivity contribution in [3.63, 3.8) is 0 Å². The summed E-state index contributed by atoms with van der Waals surface area (Å²) in [6.45, 7) is 3.45. The number of anilines is 2. The topological polar surface area (TPSA) is 134 Å². The second-order valence-corrected chi connectivity index (χ2v) is 11.4. The zero-order valence-electron chi connectivity index (χ0n) is 18.3. The largest absolute Gasteiger partial charge is 0.336 e. The highest BCUT2D eigenvalue weighted by Gasteiger charge is 2.29. The average Bonchev–Trinajstić information content (AvgIpc) is 3.56. The molecule has 3 aromatic rings. The minimum atomic E-state index is -3.70. The van der Waals surface area contributed by atoms with Gasteiger partial charge in [0.2, 0.25) is 15.0 Å². The summed E-state index contributed by atoms with van der Waals surface area (Å²) in [7, 11) is -3.70. The lowest BCUT2D eigenvalue weighted by Gasteiger charge is -2.14. The first-order chi connectivity index (χ1) is 15.8. The number of nitrogens with zero attached hydrogens (tertiary/aromatic N) is 2. The van der Waals surface area contributed by atoms with Gasteiger partial charge in [0, 0.05) is 34.9 Å². The van der Waals surface area contributed by atoms with E-state index >= 15 is 0 Å². The highest BCUT2D eigenvalue weighted by atomic mass is 32.2. The minimum absolute atomic E-state index is 0.00506. The first kappa shape index (κ1) is 23.1. The number of Topliss-reactive ketones (excluding diaryl/α,β-unsaturated/α-hetero) is 1. The molecule has 1 fully saturated rings. The SMILES string of the molecule is Cc1ccc(NC(=O)Nc2ncc(C(C)S(=O)(=O)c3ncc[nH]3)s2)c(C(=O)C2CCCC2)c1. The molecule has 1 atom stereocenters. The van der Waals surface area contributed by atoms with E-state index in [0.717, 1.165) is 42.6 Å². The van der Waals surface area contributed by atoms with Crippen molar-refractivity contribution in [2.45, 2.75) is 49.9 Å². The molecule has 11 heteroatoms. The molecule has 4 rings (SSSR count). The van der Waals surface area contributed by atoms with Crippen LogP contribution in [0.3, 0.4) is 0 Å². The van der Waals surface area contributed by atoms with Gasteiger partial charge >= 0.3 is 6.03 Å². The Balaban J connectivity index is 1.46. The van der Waals surface area contributed by atoms with Crippen LogP contribution in [0.2, 0.25) is 0 Å². The van der Waals surface area contributed by atoms with Crippen LogP contribution in [0.25, 0.3) is 0 Å². The fraction of sp³-hybridized carbons (Fsp3) is 0.364. The highest BCUT2D eigenvalue weighted by molar-refractivity contribution is 7.91. The number of ketones is 1. The number of carbonyl (C=O) groups is 2. The number of aryl methyl sites for hydroxylation is 1. The van der Waals surface area contributed by atoms with Crippen LogP contribution in [0.1, 0.15) is 58.7 Å². The Morgan fingerprint density at radius 1 is 1.18 bits per heavy atom. The number of aromatic nitrogens is 3. The maximum absolute atomic E-state index is 13.0.